The summed E-state index contributed by atoms with van der Waals surface area (Å²) in [6, 6.07) is 11.2. The Morgan fingerprint density at radius 3 is 2.56 bits per heavy atom. The summed E-state index contributed by atoms with van der Waals surface area (Å²) in [7, 11) is 0. The number of phenolic OH excluding ortho intramolecular Hbond substituents is 1. The molecule has 2 aromatic rings. The smallest absolute Gasteiger partial charge is 0.409 e. The van der Waals surface area contributed by atoms with Crippen molar-refractivity contribution >= 4 is 23.6 Å². The molecule has 4 rings (SSSR count). The Hall–Kier alpha value is -3.59. The van der Waals surface area contributed by atoms with Gasteiger partial charge in [-0.1, -0.05) is 18.2 Å². The summed E-state index contributed by atoms with van der Waals surface area (Å²) in [5.74, 6) is -0.633. The van der Waals surface area contributed by atoms with Gasteiger partial charge in [-0.2, -0.15) is 0 Å². The molecule has 9 nitrogen and oxygen atoms in total. The van der Waals surface area contributed by atoms with E-state index >= 15 is 0 Å². The van der Waals surface area contributed by atoms with Crippen molar-refractivity contribution in [2.75, 3.05) is 25.0 Å². The van der Waals surface area contributed by atoms with E-state index in [2.05, 4.69) is 5.32 Å². The first-order valence-electron chi connectivity index (χ1n) is 12.4. The van der Waals surface area contributed by atoms with Gasteiger partial charge in [0.25, 0.3) is 0 Å². The summed E-state index contributed by atoms with van der Waals surface area (Å²) < 4.78 is 5.07. The normalized spacial score (nSPS) is 18.8. The van der Waals surface area contributed by atoms with Crippen LogP contribution in [-0.4, -0.2) is 63.7 Å². The molecule has 0 aliphatic carbocycles. The van der Waals surface area contributed by atoms with Gasteiger partial charge in [0, 0.05) is 37.7 Å². The zero-order chi connectivity index (χ0) is 25.8. The van der Waals surface area contributed by atoms with E-state index in [4.69, 9.17) is 4.74 Å². The molecule has 2 atom stereocenters. The van der Waals surface area contributed by atoms with E-state index in [1.54, 1.807) is 66.1 Å². The van der Waals surface area contributed by atoms with E-state index < -0.39 is 12.1 Å². The summed E-state index contributed by atoms with van der Waals surface area (Å²) in [6.07, 6.45) is 0.235. The van der Waals surface area contributed by atoms with Crippen molar-refractivity contribution in [1.82, 2.24) is 9.80 Å². The number of hydrogen-bond acceptors (Lipinski definition) is 6. The number of phenols is 1. The fraction of sp³-hybridized carbons (Fsp3) is 0.444. The second-order valence-corrected chi connectivity index (χ2v) is 9.39. The Kier molecular flexibility index (Phi) is 7.79. The van der Waals surface area contributed by atoms with Crippen LogP contribution in [0.3, 0.4) is 0 Å². The van der Waals surface area contributed by atoms with Crippen molar-refractivity contribution in [3.8, 4) is 5.75 Å². The molecule has 36 heavy (non-hydrogen) atoms. The lowest BCUT2D eigenvalue weighted by molar-refractivity contribution is -0.144. The summed E-state index contributed by atoms with van der Waals surface area (Å²) >= 11 is 0. The molecule has 0 saturated carbocycles. The van der Waals surface area contributed by atoms with Gasteiger partial charge in [-0.15, -0.1) is 0 Å². The van der Waals surface area contributed by atoms with Crippen molar-refractivity contribution in [2.45, 2.75) is 51.8 Å². The third-order valence-electron chi connectivity index (χ3n) is 6.91. The lowest BCUT2D eigenvalue weighted by Crippen LogP contribution is -2.53. The van der Waals surface area contributed by atoms with Gasteiger partial charge in [0.05, 0.1) is 12.7 Å². The lowest BCUT2D eigenvalue weighted by Gasteiger charge is -2.39. The van der Waals surface area contributed by atoms with Crippen LogP contribution in [-0.2, 0) is 27.3 Å². The predicted molar refractivity (Wildman–Crippen MR) is 133 cm³/mol. The van der Waals surface area contributed by atoms with Crippen molar-refractivity contribution in [2.24, 2.45) is 5.92 Å². The minimum atomic E-state index is -0.759. The van der Waals surface area contributed by atoms with Crippen LogP contribution in [0.1, 0.15) is 49.5 Å². The third-order valence-corrected chi connectivity index (χ3v) is 6.91. The fourth-order valence-corrected chi connectivity index (χ4v) is 4.89. The number of carbonyl (C=O) groups excluding carboxylic acids is 3. The highest BCUT2D eigenvalue weighted by atomic mass is 16.6. The number of rotatable bonds is 5. The monoisotopic (exact) mass is 495 g/mol. The van der Waals surface area contributed by atoms with Crippen LogP contribution in [0.25, 0.3) is 0 Å². The van der Waals surface area contributed by atoms with Gasteiger partial charge in [-0.05, 0) is 67.6 Å². The predicted octanol–water partition coefficient (Wildman–Crippen LogP) is 3.21. The summed E-state index contributed by atoms with van der Waals surface area (Å²) in [5, 5.41) is 22.8. The largest absolute Gasteiger partial charge is 0.508 e. The van der Waals surface area contributed by atoms with Crippen LogP contribution in [0, 0.1) is 5.92 Å². The fourth-order valence-electron chi connectivity index (χ4n) is 4.89. The minimum Gasteiger partial charge on any atom is -0.508 e. The first kappa shape index (κ1) is 25.5. The first-order valence-corrected chi connectivity index (χ1v) is 12.4. The Morgan fingerprint density at radius 1 is 1.11 bits per heavy atom. The highest BCUT2D eigenvalue weighted by Gasteiger charge is 2.39. The van der Waals surface area contributed by atoms with E-state index in [0.29, 0.717) is 43.8 Å². The quantitative estimate of drug-likeness (QED) is 0.586. The van der Waals surface area contributed by atoms with Crippen molar-refractivity contribution in [1.29, 1.82) is 0 Å². The zero-order valence-corrected chi connectivity index (χ0v) is 20.6. The molecule has 1 fully saturated rings. The molecule has 0 aromatic heterocycles. The number of fused-ring (bicyclic) bond motifs is 1. The SMILES string of the molecule is CCOC(=O)N1CCC(C(=O)N2Cc3ccc(O)cc3CC2C(=O)Nc2cccc(C(C)O)c2)CC1. The minimum absolute atomic E-state index is 0.114. The molecule has 3 amide bonds. The number of likely N-dealkylation sites (tertiary alicyclic amines) is 1. The summed E-state index contributed by atoms with van der Waals surface area (Å²) in [6.45, 7) is 4.83. The van der Waals surface area contributed by atoms with Crippen molar-refractivity contribution in [3.63, 3.8) is 0 Å². The van der Waals surface area contributed by atoms with E-state index in [0.717, 1.165) is 11.1 Å². The Morgan fingerprint density at radius 2 is 1.86 bits per heavy atom. The van der Waals surface area contributed by atoms with E-state index in [1.165, 1.54) is 0 Å². The van der Waals surface area contributed by atoms with Gasteiger partial charge in [-0.25, -0.2) is 4.79 Å². The lowest BCUT2D eigenvalue weighted by atomic mass is 9.89. The second kappa shape index (κ2) is 11.0. The number of anilines is 1. The van der Waals surface area contributed by atoms with Gasteiger partial charge in [0.2, 0.25) is 11.8 Å². The Bertz CT molecular complexity index is 1130. The number of nitrogens with zero attached hydrogens (tertiary/aromatic N) is 2. The number of amides is 3. The van der Waals surface area contributed by atoms with Gasteiger partial charge in [0.1, 0.15) is 11.8 Å². The van der Waals surface area contributed by atoms with Crippen LogP contribution in [0.5, 0.6) is 5.75 Å². The van der Waals surface area contributed by atoms with Gasteiger partial charge >= 0.3 is 6.09 Å². The number of nitrogens with one attached hydrogen (secondary N) is 1. The molecular formula is C27H33N3O6. The Labute approximate surface area is 210 Å². The van der Waals surface area contributed by atoms with Gasteiger partial charge in [-0.3, -0.25) is 9.59 Å². The average molecular weight is 496 g/mol. The number of piperidine rings is 1. The standard InChI is InChI=1S/C27H33N3O6/c1-3-36-27(35)29-11-9-18(10-12-29)26(34)30-16-20-7-8-23(32)14-21(20)15-24(30)25(33)28-22-6-4-5-19(13-22)17(2)31/h4-8,13-14,17-18,24,31-32H,3,9-12,15-16H2,1-2H3,(H,28,33). The summed E-state index contributed by atoms with van der Waals surface area (Å²) in [5.41, 5.74) is 2.93. The van der Waals surface area contributed by atoms with Crippen LogP contribution in [0.2, 0.25) is 0 Å². The van der Waals surface area contributed by atoms with E-state index in [9.17, 15) is 24.6 Å². The molecule has 2 aromatic carbocycles. The molecule has 192 valence electrons. The maximum atomic E-state index is 13.7. The number of aromatic hydroxyl groups is 1. The van der Waals surface area contributed by atoms with E-state index in [-0.39, 0.29) is 42.5 Å². The molecule has 2 unspecified atom stereocenters. The zero-order valence-electron chi connectivity index (χ0n) is 20.6. The number of aliphatic hydroxyl groups excluding tert-OH is 1. The van der Waals surface area contributed by atoms with Crippen molar-refractivity contribution in [3.05, 3.63) is 59.2 Å². The molecule has 2 aliphatic rings. The van der Waals surface area contributed by atoms with Gasteiger partial charge in [0.15, 0.2) is 0 Å². The summed E-state index contributed by atoms with van der Waals surface area (Å²) in [4.78, 5) is 42.4. The van der Waals surface area contributed by atoms with Gasteiger partial charge < -0.3 is 30.1 Å². The number of benzene rings is 2. The molecule has 9 heteroatoms. The average Bonchev–Trinajstić information content (AvgIpc) is 2.87. The maximum Gasteiger partial charge on any atom is 0.409 e. The molecule has 0 radical (unpaired) electrons. The molecule has 0 bridgehead atoms. The third kappa shape index (κ3) is 5.62. The van der Waals surface area contributed by atoms with Crippen LogP contribution in [0.4, 0.5) is 10.5 Å². The molecule has 0 spiro atoms. The Balaban J connectivity index is 1.53. The van der Waals surface area contributed by atoms with Crippen LogP contribution in [0.15, 0.2) is 42.5 Å². The second-order valence-electron chi connectivity index (χ2n) is 9.39. The number of carbonyl (C=O) groups is 3. The number of ether oxygens (including phenoxy) is 1. The molecule has 2 heterocycles. The highest BCUT2D eigenvalue weighted by Crippen LogP contribution is 2.31. The molecular weight excluding hydrogens is 462 g/mol. The van der Waals surface area contributed by atoms with Crippen molar-refractivity contribution < 1.29 is 29.3 Å². The first-order chi connectivity index (χ1) is 17.3. The topological polar surface area (TPSA) is 119 Å². The molecule has 2 aliphatic heterocycles. The number of hydrogen-bond donors (Lipinski definition) is 3. The van der Waals surface area contributed by atoms with E-state index in [1.807, 2.05) is 0 Å². The molecule has 3 N–H and O–H groups in total. The highest BCUT2D eigenvalue weighted by molar-refractivity contribution is 5.98. The number of aliphatic hydroxyl groups is 1. The van der Waals surface area contributed by atoms with Crippen LogP contribution >= 0.6 is 0 Å². The maximum absolute atomic E-state index is 13.7. The molecule has 1 saturated heterocycles. The van der Waals surface area contributed by atoms with Crippen LogP contribution < -0.4 is 5.32 Å².